The summed E-state index contributed by atoms with van der Waals surface area (Å²) in [5.74, 6) is 1.18. The third kappa shape index (κ3) is 3.53. The molecule has 2 unspecified atom stereocenters. The van der Waals surface area contributed by atoms with E-state index in [1.54, 1.807) is 0 Å². The van der Waals surface area contributed by atoms with Gasteiger partial charge >= 0.3 is 0 Å². The van der Waals surface area contributed by atoms with E-state index in [-0.39, 0.29) is 6.10 Å². The Labute approximate surface area is 115 Å². The number of hydrogen-bond donors (Lipinski definition) is 2. The fourth-order valence-corrected chi connectivity index (χ4v) is 2.51. The Morgan fingerprint density at radius 3 is 2.89 bits per heavy atom. The molecule has 0 spiro atoms. The molecule has 3 N–H and O–H groups in total. The van der Waals surface area contributed by atoms with Gasteiger partial charge in [0.15, 0.2) is 0 Å². The molecule has 4 nitrogen and oxygen atoms in total. The molecule has 0 saturated carbocycles. The minimum atomic E-state index is -0.248. The second-order valence-corrected chi connectivity index (χ2v) is 5.34. The van der Waals surface area contributed by atoms with Crippen molar-refractivity contribution in [1.82, 2.24) is 0 Å². The molecule has 0 amide bonds. The molecule has 19 heavy (non-hydrogen) atoms. The molecular formula is C15H24N2O2. The monoisotopic (exact) mass is 264 g/mol. The fourth-order valence-electron chi connectivity index (χ4n) is 2.51. The van der Waals surface area contributed by atoms with Gasteiger partial charge in [-0.25, -0.2) is 0 Å². The van der Waals surface area contributed by atoms with Crippen molar-refractivity contribution in [3.8, 4) is 5.75 Å². The first-order valence-corrected chi connectivity index (χ1v) is 7.06. The lowest BCUT2D eigenvalue weighted by Crippen LogP contribution is -2.23. The third-order valence-electron chi connectivity index (χ3n) is 3.66. The van der Waals surface area contributed by atoms with Crippen molar-refractivity contribution in [2.75, 3.05) is 30.3 Å². The van der Waals surface area contributed by atoms with Gasteiger partial charge in [0.1, 0.15) is 5.75 Å². The highest BCUT2D eigenvalue weighted by Crippen LogP contribution is 2.30. The first kappa shape index (κ1) is 14.0. The standard InChI is InChI=1S/C15H24N2O2/c1-3-6-19-15-8-13(16)7-14(9-15)17-5-4-12(10-17)11(2)18/h7-9,11-12,18H,3-6,10,16H2,1-2H3. The normalized spacial score (nSPS) is 20.6. The van der Waals surface area contributed by atoms with E-state index in [0.717, 1.165) is 43.1 Å². The number of nitrogen functional groups attached to an aromatic ring is 1. The minimum absolute atomic E-state index is 0.248. The van der Waals surface area contributed by atoms with E-state index >= 15 is 0 Å². The summed E-state index contributed by atoms with van der Waals surface area (Å²) in [5, 5.41) is 9.67. The summed E-state index contributed by atoms with van der Waals surface area (Å²) in [4.78, 5) is 2.27. The summed E-state index contributed by atoms with van der Waals surface area (Å²) in [5.41, 5.74) is 7.76. The predicted molar refractivity (Wildman–Crippen MR) is 78.6 cm³/mol. The van der Waals surface area contributed by atoms with E-state index in [0.29, 0.717) is 12.5 Å². The lowest BCUT2D eigenvalue weighted by atomic mass is 10.0. The summed E-state index contributed by atoms with van der Waals surface area (Å²) in [6.45, 7) is 6.50. The fraction of sp³-hybridized carbons (Fsp3) is 0.600. The van der Waals surface area contributed by atoms with E-state index in [2.05, 4.69) is 11.8 Å². The zero-order valence-electron chi connectivity index (χ0n) is 11.8. The second kappa shape index (κ2) is 6.15. The molecule has 1 aromatic rings. The Hall–Kier alpha value is -1.42. The van der Waals surface area contributed by atoms with Gasteiger partial charge in [0, 0.05) is 42.5 Å². The van der Waals surface area contributed by atoms with Crippen molar-refractivity contribution in [1.29, 1.82) is 0 Å². The average molecular weight is 264 g/mol. The van der Waals surface area contributed by atoms with Gasteiger partial charge in [-0.15, -0.1) is 0 Å². The molecule has 0 aliphatic carbocycles. The van der Waals surface area contributed by atoms with Crippen LogP contribution < -0.4 is 15.4 Å². The van der Waals surface area contributed by atoms with E-state index in [1.165, 1.54) is 0 Å². The maximum Gasteiger partial charge on any atom is 0.123 e. The molecule has 0 aromatic heterocycles. The molecule has 0 radical (unpaired) electrons. The lowest BCUT2D eigenvalue weighted by Gasteiger charge is -2.21. The van der Waals surface area contributed by atoms with E-state index in [1.807, 2.05) is 25.1 Å². The highest BCUT2D eigenvalue weighted by atomic mass is 16.5. The summed E-state index contributed by atoms with van der Waals surface area (Å²) in [6.07, 6.45) is 1.76. The first-order chi connectivity index (χ1) is 9.10. The number of nitrogens with two attached hydrogens (primary N) is 1. The molecule has 1 aliphatic rings. The van der Waals surface area contributed by atoms with Gasteiger partial charge in [-0.1, -0.05) is 6.92 Å². The Morgan fingerprint density at radius 2 is 2.26 bits per heavy atom. The van der Waals surface area contributed by atoms with Crippen LogP contribution in [0.25, 0.3) is 0 Å². The van der Waals surface area contributed by atoms with Crippen molar-refractivity contribution < 1.29 is 9.84 Å². The highest BCUT2D eigenvalue weighted by molar-refractivity contribution is 5.61. The van der Waals surface area contributed by atoms with Crippen LogP contribution in [0, 0.1) is 5.92 Å². The molecule has 106 valence electrons. The van der Waals surface area contributed by atoms with E-state index in [9.17, 15) is 5.11 Å². The molecule has 2 atom stereocenters. The van der Waals surface area contributed by atoms with Gasteiger partial charge in [-0.05, 0) is 25.8 Å². The molecule has 1 heterocycles. The Bertz CT molecular complexity index is 421. The molecular weight excluding hydrogens is 240 g/mol. The number of aliphatic hydroxyl groups excluding tert-OH is 1. The van der Waals surface area contributed by atoms with Gasteiger partial charge in [0.05, 0.1) is 12.7 Å². The van der Waals surface area contributed by atoms with Crippen LogP contribution in [0.2, 0.25) is 0 Å². The van der Waals surface area contributed by atoms with Gasteiger partial charge in [0.2, 0.25) is 0 Å². The van der Waals surface area contributed by atoms with Crippen molar-refractivity contribution in [3.63, 3.8) is 0 Å². The van der Waals surface area contributed by atoms with Crippen LogP contribution in [-0.2, 0) is 0 Å². The number of anilines is 2. The number of aliphatic hydroxyl groups is 1. The number of hydrogen-bond acceptors (Lipinski definition) is 4. The Morgan fingerprint density at radius 1 is 1.47 bits per heavy atom. The van der Waals surface area contributed by atoms with Gasteiger partial charge in [-0.3, -0.25) is 0 Å². The van der Waals surface area contributed by atoms with Crippen LogP contribution in [0.15, 0.2) is 18.2 Å². The van der Waals surface area contributed by atoms with Gasteiger partial charge < -0.3 is 20.5 Å². The minimum Gasteiger partial charge on any atom is -0.493 e. The molecule has 0 bridgehead atoms. The summed E-state index contributed by atoms with van der Waals surface area (Å²) < 4.78 is 5.65. The molecule has 1 aromatic carbocycles. The summed E-state index contributed by atoms with van der Waals surface area (Å²) in [6, 6.07) is 5.88. The van der Waals surface area contributed by atoms with Crippen LogP contribution in [0.1, 0.15) is 26.7 Å². The number of ether oxygens (including phenoxy) is 1. The number of benzene rings is 1. The largest absolute Gasteiger partial charge is 0.493 e. The lowest BCUT2D eigenvalue weighted by molar-refractivity contribution is 0.136. The van der Waals surface area contributed by atoms with Crippen molar-refractivity contribution >= 4 is 11.4 Å². The maximum absolute atomic E-state index is 9.67. The first-order valence-electron chi connectivity index (χ1n) is 7.06. The zero-order valence-corrected chi connectivity index (χ0v) is 11.8. The van der Waals surface area contributed by atoms with Gasteiger partial charge in [0.25, 0.3) is 0 Å². The molecule has 2 rings (SSSR count). The predicted octanol–water partition coefficient (Wildman–Crippen LogP) is 2.26. The quantitative estimate of drug-likeness (QED) is 0.801. The highest BCUT2D eigenvalue weighted by Gasteiger charge is 2.26. The van der Waals surface area contributed by atoms with Crippen molar-refractivity contribution in [2.45, 2.75) is 32.8 Å². The second-order valence-electron chi connectivity index (χ2n) is 5.34. The van der Waals surface area contributed by atoms with Crippen LogP contribution in [0.3, 0.4) is 0 Å². The molecule has 1 aliphatic heterocycles. The molecule has 4 heteroatoms. The Balaban J connectivity index is 2.09. The van der Waals surface area contributed by atoms with Crippen LogP contribution in [-0.4, -0.2) is 30.9 Å². The van der Waals surface area contributed by atoms with Gasteiger partial charge in [-0.2, -0.15) is 0 Å². The average Bonchev–Trinajstić information content (AvgIpc) is 2.85. The smallest absolute Gasteiger partial charge is 0.123 e. The maximum atomic E-state index is 9.67. The Kier molecular flexibility index (Phi) is 4.53. The number of nitrogens with zero attached hydrogens (tertiary/aromatic N) is 1. The summed E-state index contributed by atoms with van der Waals surface area (Å²) in [7, 11) is 0. The van der Waals surface area contributed by atoms with Crippen LogP contribution in [0.5, 0.6) is 5.75 Å². The van der Waals surface area contributed by atoms with Crippen molar-refractivity contribution in [3.05, 3.63) is 18.2 Å². The molecule has 1 saturated heterocycles. The topological polar surface area (TPSA) is 58.7 Å². The van der Waals surface area contributed by atoms with E-state index < -0.39 is 0 Å². The van der Waals surface area contributed by atoms with E-state index in [4.69, 9.17) is 10.5 Å². The molecule has 1 fully saturated rings. The van der Waals surface area contributed by atoms with Crippen LogP contribution >= 0.6 is 0 Å². The zero-order chi connectivity index (χ0) is 13.8. The number of rotatable bonds is 5. The van der Waals surface area contributed by atoms with Crippen LogP contribution in [0.4, 0.5) is 11.4 Å². The SMILES string of the molecule is CCCOc1cc(N)cc(N2CCC(C(C)O)C2)c1. The van der Waals surface area contributed by atoms with Crippen molar-refractivity contribution in [2.24, 2.45) is 5.92 Å². The summed E-state index contributed by atoms with van der Waals surface area (Å²) >= 11 is 0. The third-order valence-corrected chi connectivity index (χ3v) is 3.66.